The number of carboxylic acids is 3. The van der Waals surface area contributed by atoms with Gasteiger partial charge >= 0.3 is 47.5 Å². The minimum absolute atomic E-state index is 0. The van der Waals surface area contributed by atoms with Crippen LogP contribution in [-0.2, 0) is 34.1 Å². The fraction of sp³-hybridized carbons (Fsp3) is 0.846. The van der Waals surface area contributed by atoms with E-state index in [9.17, 15) is 42.4 Å². The molecule has 228 valence electrons. The molecule has 3 N–H and O–H groups in total. The Balaban J connectivity index is 0. The first-order chi connectivity index (χ1) is 18.4. The fourth-order valence-electron chi connectivity index (χ4n) is 4.19. The Morgan fingerprint density at radius 3 is 1.48 bits per heavy atom. The summed E-state index contributed by atoms with van der Waals surface area (Å²) < 4.78 is 32.0. The van der Waals surface area contributed by atoms with Crippen molar-refractivity contribution in [2.45, 2.75) is 134 Å². The largest absolute Gasteiger partial charge is 1.00 e. The molecular weight excluding hydrogens is 557 g/mol. The zero-order chi connectivity index (χ0) is 29.7. The molecule has 0 aromatic heterocycles. The first kappa shape index (κ1) is 40.9. The summed E-state index contributed by atoms with van der Waals surface area (Å²) in [5.41, 5.74) is 0. The van der Waals surface area contributed by atoms with Gasteiger partial charge in [0, 0.05) is 18.9 Å². The van der Waals surface area contributed by atoms with Crippen LogP contribution in [0.5, 0.6) is 0 Å². The molecular formula is C26H46NNaO11S. The van der Waals surface area contributed by atoms with E-state index >= 15 is 0 Å². The monoisotopic (exact) mass is 603 g/mol. The molecule has 40 heavy (non-hydrogen) atoms. The smallest absolute Gasteiger partial charge is 0.550 e. The van der Waals surface area contributed by atoms with Crippen molar-refractivity contribution in [2.24, 2.45) is 0 Å². The average molecular weight is 604 g/mol. The summed E-state index contributed by atoms with van der Waals surface area (Å²) in [6, 6.07) is -1.84. The summed E-state index contributed by atoms with van der Waals surface area (Å²) in [6.45, 7) is 1.99. The topological polar surface area (TPSA) is 199 Å². The van der Waals surface area contributed by atoms with Gasteiger partial charge in [-0.25, -0.2) is 4.79 Å². The van der Waals surface area contributed by atoms with Gasteiger partial charge in [-0.2, -0.15) is 8.42 Å². The van der Waals surface area contributed by atoms with Crippen molar-refractivity contribution in [1.82, 2.24) is 5.06 Å². The second kappa shape index (κ2) is 24.4. The van der Waals surface area contributed by atoms with E-state index in [1.54, 1.807) is 0 Å². The van der Waals surface area contributed by atoms with Crippen LogP contribution in [0.15, 0.2) is 0 Å². The van der Waals surface area contributed by atoms with E-state index in [0.717, 1.165) is 25.7 Å². The molecule has 2 atom stereocenters. The maximum absolute atomic E-state index is 12.3. The van der Waals surface area contributed by atoms with Gasteiger partial charge in [-0.3, -0.25) is 14.1 Å². The standard InChI is InChI=1S/C26H47NO11S.Na/c1-2-3-4-5-6-7-8-9-10-11-12-13-14-15-16-17-18-27(21(25(32)33)19-23(28)29)38-26(34)22(20-24(30)31)39(35,36)37;/h21-22H,2-20H2,1H3,(H,28,29)(H,30,31)(H,32,33)(H,35,36,37);/q;+1/p-1. The molecule has 0 radical (unpaired) electrons. The number of hydrogen-bond acceptors (Lipinski definition) is 9. The number of hydroxylamine groups is 2. The van der Waals surface area contributed by atoms with Gasteiger partial charge in [-0.05, 0) is 6.42 Å². The summed E-state index contributed by atoms with van der Waals surface area (Å²) in [5, 5.41) is 27.2. The van der Waals surface area contributed by atoms with Crippen molar-refractivity contribution in [2.75, 3.05) is 6.54 Å². The maximum atomic E-state index is 12.3. The van der Waals surface area contributed by atoms with Crippen molar-refractivity contribution in [3.05, 3.63) is 0 Å². The summed E-state index contributed by atoms with van der Waals surface area (Å²) in [6.07, 6.45) is 15.3. The molecule has 0 saturated carbocycles. The average Bonchev–Trinajstić information content (AvgIpc) is 2.83. The number of carbonyl (C=O) groups excluding carboxylic acids is 2. The second-order valence-corrected chi connectivity index (χ2v) is 11.5. The van der Waals surface area contributed by atoms with Crippen LogP contribution in [0.1, 0.15) is 122 Å². The van der Waals surface area contributed by atoms with Crippen LogP contribution in [0.25, 0.3) is 0 Å². The van der Waals surface area contributed by atoms with Crippen LogP contribution < -0.4 is 34.7 Å². The van der Waals surface area contributed by atoms with E-state index in [-0.39, 0.29) is 36.1 Å². The Morgan fingerprint density at radius 1 is 0.750 bits per heavy atom. The van der Waals surface area contributed by atoms with E-state index in [0.29, 0.717) is 17.9 Å². The van der Waals surface area contributed by atoms with E-state index in [2.05, 4.69) is 6.92 Å². The molecule has 0 aliphatic rings. The van der Waals surface area contributed by atoms with Crippen molar-refractivity contribution in [3.63, 3.8) is 0 Å². The molecule has 0 aliphatic heterocycles. The number of unbranched alkanes of at least 4 members (excludes halogenated alkanes) is 15. The third-order valence-electron chi connectivity index (χ3n) is 6.41. The molecule has 0 heterocycles. The Labute approximate surface area is 260 Å². The minimum atomic E-state index is -5.21. The van der Waals surface area contributed by atoms with Crippen LogP contribution in [0.2, 0.25) is 0 Å². The molecule has 0 aromatic rings. The van der Waals surface area contributed by atoms with E-state index in [1.807, 2.05) is 0 Å². The Bertz CT molecular complexity index is 839. The van der Waals surface area contributed by atoms with Crippen molar-refractivity contribution in [3.8, 4) is 0 Å². The first-order valence-electron chi connectivity index (χ1n) is 14.0. The zero-order valence-electron chi connectivity index (χ0n) is 24.1. The number of carboxylic acid groups (broad SMARTS) is 3. The first-order valence-corrected chi connectivity index (χ1v) is 15.5. The zero-order valence-corrected chi connectivity index (χ0v) is 26.9. The second-order valence-electron chi connectivity index (χ2n) is 9.89. The van der Waals surface area contributed by atoms with Gasteiger partial charge in [0.25, 0.3) is 10.1 Å². The summed E-state index contributed by atoms with van der Waals surface area (Å²) >= 11 is 0. The summed E-state index contributed by atoms with van der Waals surface area (Å²) in [4.78, 5) is 50.6. The molecule has 0 aliphatic carbocycles. The van der Waals surface area contributed by atoms with Gasteiger partial charge < -0.3 is 25.0 Å². The van der Waals surface area contributed by atoms with Gasteiger partial charge in [0.2, 0.25) is 0 Å². The molecule has 0 aromatic carbocycles. The van der Waals surface area contributed by atoms with E-state index < -0.39 is 58.1 Å². The van der Waals surface area contributed by atoms with Gasteiger partial charge in [-0.15, -0.1) is 5.06 Å². The number of aliphatic carboxylic acids is 3. The summed E-state index contributed by atoms with van der Waals surface area (Å²) in [7, 11) is -5.21. The Kier molecular flexibility index (Phi) is 24.9. The third kappa shape index (κ3) is 21.5. The number of rotatable bonds is 26. The van der Waals surface area contributed by atoms with Crippen LogP contribution >= 0.6 is 0 Å². The van der Waals surface area contributed by atoms with Crippen molar-refractivity contribution in [1.29, 1.82) is 0 Å². The maximum Gasteiger partial charge on any atom is 1.00 e. The van der Waals surface area contributed by atoms with Gasteiger partial charge in [0.15, 0.2) is 11.3 Å². The normalized spacial score (nSPS) is 12.9. The predicted octanol–water partition coefficient (Wildman–Crippen LogP) is 0.336. The van der Waals surface area contributed by atoms with Crippen molar-refractivity contribution >= 4 is 34.0 Å². The van der Waals surface area contributed by atoms with Crippen LogP contribution in [0.4, 0.5) is 0 Å². The van der Waals surface area contributed by atoms with Crippen LogP contribution in [-0.4, -0.2) is 70.0 Å². The predicted molar refractivity (Wildman–Crippen MR) is 141 cm³/mol. The van der Waals surface area contributed by atoms with Gasteiger partial charge in [-0.1, -0.05) is 103 Å². The molecule has 14 heteroatoms. The minimum Gasteiger partial charge on any atom is -0.550 e. The molecule has 0 bridgehead atoms. The van der Waals surface area contributed by atoms with E-state index in [4.69, 9.17) is 9.94 Å². The summed E-state index contributed by atoms with van der Waals surface area (Å²) in [5.74, 6) is -6.84. The van der Waals surface area contributed by atoms with Gasteiger partial charge in [0.05, 0.1) is 6.42 Å². The number of nitrogens with zero attached hydrogens (tertiary/aromatic N) is 1. The quantitative estimate of drug-likeness (QED) is 0.0531. The molecule has 0 saturated heterocycles. The van der Waals surface area contributed by atoms with Crippen molar-refractivity contribution < 1.29 is 81.9 Å². The molecule has 0 rings (SSSR count). The molecule has 0 spiro atoms. The SMILES string of the molecule is CCCCCCCCCCCCCCCCCCN(OC(=O)C(CC(=O)[O-])S(=O)(=O)O)C(CC(=O)O)C(=O)O.[Na+]. The molecule has 2 unspecified atom stereocenters. The molecule has 12 nitrogen and oxygen atoms in total. The molecule has 0 fully saturated rings. The molecule has 0 amide bonds. The Morgan fingerprint density at radius 2 is 1.15 bits per heavy atom. The number of hydrogen-bond donors (Lipinski definition) is 3. The van der Waals surface area contributed by atoms with E-state index in [1.165, 1.54) is 64.2 Å². The van der Waals surface area contributed by atoms with Gasteiger partial charge in [0.1, 0.15) is 0 Å². The Hall–Kier alpha value is -1.25. The third-order valence-corrected chi connectivity index (χ3v) is 7.49. The number of carbonyl (C=O) groups is 4. The van der Waals surface area contributed by atoms with Crippen LogP contribution in [0.3, 0.4) is 0 Å². The fourth-order valence-corrected chi connectivity index (χ4v) is 4.83. The van der Waals surface area contributed by atoms with Crippen LogP contribution in [0, 0.1) is 0 Å².